The van der Waals surface area contributed by atoms with Crippen LogP contribution in [0.1, 0.15) is 24.6 Å². The van der Waals surface area contributed by atoms with Gasteiger partial charge in [0.1, 0.15) is 11.9 Å². The lowest BCUT2D eigenvalue weighted by Gasteiger charge is -2.41. The summed E-state index contributed by atoms with van der Waals surface area (Å²) in [6.07, 6.45) is -1.51. The first-order valence-corrected chi connectivity index (χ1v) is 7.20. The highest BCUT2D eigenvalue weighted by atomic mass is 19.3. The van der Waals surface area contributed by atoms with Gasteiger partial charge in [-0.25, -0.2) is 13.8 Å². The van der Waals surface area contributed by atoms with Gasteiger partial charge in [0.2, 0.25) is 0 Å². The van der Waals surface area contributed by atoms with Gasteiger partial charge in [-0.2, -0.15) is 5.26 Å². The van der Waals surface area contributed by atoms with Gasteiger partial charge in [0.25, 0.3) is 6.43 Å². The van der Waals surface area contributed by atoms with Gasteiger partial charge in [-0.05, 0) is 25.5 Å². The maximum atomic E-state index is 12.6. The third kappa shape index (κ3) is 3.67. The predicted octanol–water partition coefficient (Wildman–Crippen LogP) is 2.43. The molecule has 0 amide bonds. The molecule has 1 aromatic rings. The number of hydrogen-bond donors (Lipinski definition) is 0. The summed E-state index contributed by atoms with van der Waals surface area (Å²) in [5.41, 5.74) is 1.39. The Morgan fingerprint density at radius 2 is 2.19 bits per heavy atom. The summed E-state index contributed by atoms with van der Waals surface area (Å²) in [4.78, 5) is 8.34. The molecule has 4 nitrogen and oxygen atoms in total. The Morgan fingerprint density at radius 3 is 2.81 bits per heavy atom. The van der Waals surface area contributed by atoms with E-state index in [-0.39, 0.29) is 12.6 Å². The van der Waals surface area contributed by atoms with E-state index in [1.807, 2.05) is 29.7 Å². The van der Waals surface area contributed by atoms with Crippen LogP contribution in [-0.4, -0.2) is 48.5 Å². The number of piperazine rings is 1. The van der Waals surface area contributed by atoms with Crippen molar-refractivity contribution in [2.45, 2.75) is 32.7 Å². The summed E-state index contributed by atoms with van der Waals surface area (Å²) in [5.74, 6) is 0.674. The molecule has 0 aromatic carbocycles. The first-order valence-electron chi connectivity index (χ1n) is 7.20. The van der Waals surface area contributed by atoms with Gasteiger partial charge in [-0.15, -0.1) is 0 Å². The van der Waals surface area contributed by atoms with Crippen LogP contribution in [-0.2, 0) is 0 Å². The molecule has 1 fully saturated rings. The molecule has 2 heterocycles. The van der Waals surface area contributed by atoms with Gasteiger partial charge in [0, 0.05) is 31.4 Å². The van der Waals surface area contributed by atoms with Crippen LogP contribution in [0, 0.1) is 18.3 Å². The lowest BCUT2D eigenvalue weighted by atomic mass is 10.1. The number of anilines is 1. The van der Waals surface area contributed by atoms with E-state index in [4.69, 9.17) is 0 Å². The zero-order valence-electron chi connectivity index (χ0n) is 12.4. The van der Waals surface area contributed by atoms with Crippen LogP contribution >= 0.6 is 0 Å². The lowest BCUT2D eigenvalue weighted by Crippen LogP contribution is -2.54. The fourth-order valence-electron chi connectivity index (χ4n) is 2.76. The van der Waals surface area contributed by atoms with Crippen molar-refractivity contribution in [1.82, 2.24) is 9.88 Å². The van der Waals surface area contributed by atoms with Crippen LogP contribution in [0.2, 0.25) is 0 Å². The van der Waals surface area contributed by atoms with Crippen molar-refractivity contribution >= 4 is 5.82 Å². The maximum Gasteiger partial charge on any atom is 0.251 e. The summed E-state index contributed by atoms with van der Waals surface area (Å²) < 4.78 is 25.2. The summed E-state index contributed by atoms with van der Waals surface area (Å²) in [6, 6.07) is 5.81. The number of nitriles is 1. The molecule has 0 N–H and O–H groups in total. The van der Waals surface area contributed by atoms with Gasteiger partial charge in [-0.3, -0.25) is 4.90 Å². The molecule has 1 aliphatic heterocycles. The SMILES string of the molecule is CCC1CN(c2nc(C)ccc2C#N)CCN1CC(F)F. The number of halogens is 2. The van der Waals surface area contributed by atoms with Crippen molar-refractivity contribution in [3.8, 4) is 6.07 Å². The number of aryl methyl sites for hydroxylation is 1. The molecule has 114 valence electrons. The second kappa shape index (κ2) is 6.81. The normalized spacial score (nSPS) is 19.8. The van der Waals surface area contributed by atoms with E-state index in [1.54, 1.807) is 6.07 Å². The van der Waals surface area contributed by atoms with E-state index in [9.17, 15) is 14.0 Å². The molecular weight excluding hydrogens is 274 g/mol. The molecular formula is C15H20F2N4. The van der Waals surface area contributed by atoms with Crippen molar-refractivity contribution in [1.29, 1.82) is 5.26 Å². The average Bonchev–Trinajstić information content (AvgIpc) is 2.47. The van der Waals surface area contributed by atoms with Crippen molar-refractivity contribution < 1.29 is 8.78 Å². The molecule has 1 saturated heterocycles. The average molecular weight is 294 g/mol. The minimum Gasteiger partial charge on any atom is -0.353 e. The van der Waals surface area contributed by atoms with Crippen LogP contribution in [0.5, 0.6) is 0 Å². The molecule has 1 aliphatic rings. The van der Waals surface area contributed by atoms with Crippen molar-refractivity contribution in [3.05, 3.63) is 23.4 Å². The first kappa shape index (κ1) is 15.6. The quantitative estimate of drug-likeness (QED) is 0.855. The number of hydrogen-bond acceptors (Lipinski definition) is 4. The standard InChI is InChI=1S/C15H20F2N4/c1-3-13-9-21(7-6-20(13)10-14(16)17)15-12(8-18)5-4-11(2)19-15/h4-5,13-14H,3,6-7,9-10H2,1-2H3. The molecule has 1 aromatic heterocycles. The van der Waals surface area contributed by atoms with E-state index in [1.165, 1.54) is 0 Å². The number of nitrogens with zero attached hydrogens (tertiary/aromatic N) is 4. The molecule has 1 atom stereocenters. The molecule has 0 spiro atoms. The number of alkyl halides is 2. The third-order valence-corrected chi connectivity index (χ3v) is 3.88. The largest absolute Gasteiger partial charge is 0.353 e. The van der Waals surface area contributed by atoms with Crippen LogP contribution in [0.25, 0.3) is 0 Å². The highest BCUT2D eigenvalue weighted by molar-refractivity contribution is 5.54. The van der Waals surface area contributed by atoms with E-state index in [2.05, 4.69) is 11.1 Å². The lowest BCUT2D eigenvalue weighted by molar-refractivity contribution is 0.0586. The van der Waals surface area contributed by atoms with Gasteiger partial charge in [0.05, 0.1) is 12.1 Å². The topological polar surface area (TPSA) is 43.2 Å². The van der Waals surface area contributed by atoms with Gasteiger partial charge >= 0.3 is 0 Å². The Kier molecular flexibility index (Phi) is 5.07. The highest BCUT2D eigenvalue weighted by Gasteiger charge is 2.29. The Morgan fingerprint density at radius 1 is 1.43 bits per heavy atom. The maximum absolute atomic E-state index is 12.6. The van der Waals surface area contributed by atoms with Crippen LogP contribution in [0.15, 0.2) is 12.1 Å². The minimum absolute atomic E-state index is 0.0709. The first-order chi connectivity index (χ1) is 10.0. The number of pyridine rings is 1. The van der Waals surface area contributed by atoms with Crippen molar-refractivity contribution in [2.75, 3.05) is 31.1 Å². The monoisotopic (exact) mass is 294 g/mol. The Bertz CT molecular complexity index is 527. The smallest absolute Gasteiger partial charge is 0.251 e. The molecule has 0 bridgehead atoms. The van der Waals surface area contributed by atoms with Gasteiger partial charge < -0.3 is 4.90 Å². The Hall–Kier alpha value is -1.74. The van der Waals surface area contributed by atoms with Gasteiger partial charge in [-0.1, -0.05) is 6.92 Å². The summed E-state index contributed by atoms with van der Waals surface area (Å²) in [5, 5.41) is 9.21. The Balaban J connectivity index is 2.17. The number of aromatic nitrogens is 1. The second-order valence-corrected chi connectivity index (χ2v) is 5.33. The molecule has 6 heteroatoms. The number of rotatable bonds is 4. The van der Waals surface area contributed by atoms with Gasteiger partial charge in [0.15, 0.2) is 0 Å². The van der Waals surface area contributed by atoms with Crippen molar-refractivity contribution in [2.24, 2.45) is 0 Å². The summed E-state index contributed by atoms with van der Waals surface area (Å²) >= 11 is 0. The highest BCUT2D eigenvalue weighted by Crippen LogP contribution is 2.23. The molecule has 0 aliphatic carbocycles. The van der Waals surface area contributed by atoms with E-state index < -0.39 is 6.43 Å². The molecule has 21 heavy (non-hydrogen) atoms. The summed E-state index contributed by atoms with van der Waals surface area (Å²) in [6.45, 7) is 5.53. The fourth-order valence-corrected chi connectivity index (χ4v) is 2.76. The predicted molar refractivity (Wildman–Crippen MR) is 77.6 cm³/mol. The van der Waals surface area contributed by atoms with E-state index >= 15 is 0 Å². The Labute approximate surface area is 124 Å². The zero-order valence-corrected chi connectivity index (χ0v) is 12.4. The third-order valence-electron chi connectivity index (χ3n) is 3.88. The van der Waals surface area contributed by atoms with Crippen LogP contribution in [0.4, 0.5) is 14.6 Å². The van der Waals surface area contributed by atoms with E-state index in [0.717, 1.165) is 12.1 Å². The molecule has 1 unspecified atom stereocenters. The van der Waals surface area contributed by atoms with Crippen LogP contribution in [0.3, 0.4) is 0 Å². The summed E-state index contributed by atoms with van der Waals surface area (Å²) in [7, 11) is 0. The van der Waals surface area contributed by atoms with Crippen LogP contribution < -0.4 is 4.90 Å². The van der Waals surface area contributed by atoms with E-state index in [0.29, 0.717) is 31.0 Å². The molecule has 2 rings (SSSR count). The molecule has 0 radical (unpaired) electrons. The zero-order chi connectivity index (χ0) is 15.4. The minimum atomic E-state index is -2.31. The second-order valence-electron chi connectivity index (χ2n) is 5.33. The molecule has 0 saturated carbocycles. The van der Waals surface area contributed by atoms with Crippen molar-refractivity contribution in [3.63, 3.8) is 0 Å². The fraction of sp³-hybridized carbons (Fsp3) is 0.600.